The first-order chi connectivity index (χ1) is 14.2. The summed E-state index contributed by atoms with van der Waals surface area (Å²) >= 11 is 0. The average molecular weight is 387 g/mol. The number of hydrogen-bond acceptors (Lipinski definition) is 3. The second-order valence-corrected chi connectivity index (χ2v) is 7.97. The molecule has 148 valence electrons. The second-order valence-electron chi connectivity index (χ2n) is 7.97. The van der Waals surface area contributed by atoms with Gasteiger partial charge in [0, 0.05) is 30.3 Å². The minimum Gasteiger partial charge on any atom is -0.496 e. The van der Waals surface area contributed by atoms with E-state index in [0.717, 1.165) is 59.9 Å². The normalized spacial score (nSPS) is 16.7. The summed E-state index contributed by atoms with van der Waals surface area (Å²) in [5.41, 5.74) is 3.18. The van der Waals surface area contributed by atoms with E-state index < -0.39 is 5.41 Å². The number of ether oxygens (including phenoxy) is 1. The van der Waals surface area contributed by atoms with Crippen LogP contribution in [0.15, 0.2) is 54.7 Å². The average Bonchev–Trinajstić information content (AvgIpc) is 3.46. The molecular formula is C24H25N3O2. The number of rotatable bonds is 5. The van der Waals surface area contributed by atoms with Gasteiger partial charge in [-0.2, -0.15) is 0 Å². The molecule has 0 spiro atoms. The summed E-state index contributed by atoms with van der Waals surface area (Å²) in [6.07, 6.45) is 7.19. The number of fused-ring (bicyclic) bond motifs is 1. The van der Waals surface area contributed by atoms with Gasteiger partial charge in [-0.1, -0.05) is 36.4 Å². The van der Waals surface area contributed by atoms with E-state index >= 15 is 0 Å². The molecule has 1 saturated carbocycles. The van der Waals surface area contributed by atoms with Gasteiger partial charge >= 0.3 is 0 Å². The van der Waals surface area contributed by atoms with Crippen LogP contribution in [0, 0.1) is 0 Å². The van der Waals surface area contributed by atoms with Crippen molar-refractivity contribution < 1.29 is 9.53 Å². The molecule has 1 fully saturated rings. The van der Waals surface area contributed by atoms with Crippen molar-refractivity contribution in [3.8, 4) is 17.0 Å². The maximum atomic E-state index is 13.4. The molecule has 5 rings (SSSR count). The van der Waals surface area contributed by atoms with Crippen molar-refractivity contribution in [1.82, 2.24) is 9.55 Å². The number of aromatic nitrogens is 2. The highest BCUT2D eigenvalue weighted by molar-refractivity contribution is 6.04. The molecule has 2 aromatic carbocycles. The molecule has 0 radical (unpaired) electrons. The molecule has 3 aromatic rings. The Balaban J connectivity index is 1.46. The highest BCUT2D eigenvalue weighted by Crippen LogP contribution is 2.52. The largest absolute Gasteiger partial charge is 0.496 e. The van der Waals surface area contributed by atoms with Crippen molar-refractivity contribution in [2.24, 2.45) is 0 Å². The van der Waals surface area contributed by atoms with Gasteiger partial charge in [0.15, 0.2) is 0 Å². The third kappa shape index (κ3) is 3.11. The summed E-state index contributed by atoms with van der Waals surface area (Å²) in [4.78, 5) is 18.2. The number of anilines is 1. The molecule has 1 N–H and O–H groups in total. The number of amides is 1. The summed E-state index contributed by atoms with van der Waals surface area (Å²) in [6.45, 7) is 1.02. The van der Waals surface area contributed by atoms with Gasteiger partial charge in [0.2, 0.25) is 5.91 Å². The summed E-state index contributed by atoms with van der Waals surface area (Å²) in [5.74, 6) is 1.94. The molecule has 5 heteroatoms. The van der Waals surface area contributed by atoms with Gasteiger partial charge in [-0.05, 0) is 37.8 Å². The lowest BCUT2D eigenvalue weighted by Crippen LogP contribution is -2.28. The third-order valence-electron chi connectivity index (χ3n) is 6.17. The third-order valence-corrected chi connectivity index (χ3v) is 6.17. The molecule has 0 saturated heterocycles. The van der Waals surface area contributed by atoms with E-state index in [1.54, 1.807) is 7.11 Å². The van der Waals surface area contributed by atoms with Crippen LogP contribution in [0.4, 0.5) is 5.69 Å². The van der Waals surface area contributed by atoms with Crippen LogP contribution in [0.1, 0.15) is 37.1 Å². The fourth-order valence-corrected chi connectivity index (χ4v) is 4.38. The predicted molar refractivity (Wildman–Crippen MR) is 113 cm³/mol. The number of para-hydroxylation sites is 2. The van der Waals surface area contributed by atoms with Crippen LogP contribution in [0.3, 0.4) is 0 Å². The van der Waals surface area contributed by atoms with Crippen LogP contribution < -0.4 is 10.1 Å². The summed E-state index contributed by atoms with van der Waals surface area (Å²) in [6, 6.07) is 15.8. The standard InChI is InChI=1S/C24H25N3O2/c1-29-21-11-5-3-9-18(21)24(13-14-24)23(28)26-19-10-4-2-8-17(19)20-16-27-15-7-6-12-22(27)25-20/h2-5,8-11,16H,6-7,12-15H2,1H3,(H,26,28). The SMILES string of the molecule is COc1ccccc1C1(C(=O)Nc2ccccc2-c2cn3c(n2)CCCC3)CC1. The Morgan fingerprint density at radius 3 is 2.69 bits per heavy atom. The molecule has 1 aliphatic heterocycles. The quantitative estimate of drug-likeness (QED) is 0.698. The van der Waals surface area contributed by atoms with Crippen LogP contribution in [0.25, 0.3) is 11.3 Å². The van der Waals surface area contributed by atoms with Gasteiger partial charge in [-0.15, -0.1) is 0 Å². The molecule has 0 bridgehead atoms. The van der Waals surface area contributed by atoms with Crippen molar-refractivity contribution in [2.75, 3.05) is 12.4 Å². The topological polar surface area (TPSA) is 56.1 Å². The van der Waals surface area contributed by atoms with Crippen molar-refractivity contribution in [2.45, 2.75) is 44.1 Å². The number of carbonyl (C=O) groups excluding carboxylic acids is 1. The Hall–Kier alpha value is -3.08. The molecule has 0 unspecified atom stereocenters. The number of hydrogen-bond donors (Lipinski definition) is 1. The van der Waals surface area contributed by atoms with Crippen molar-refractivity contribution in [1.29, 1.82) is 0 Å². The van der Waals surface area contributed by atoms with Crippen LogP contribution in [-0.2, 0) is 23.2 Å². The Morgan fingerprint density at radius 2 is 1.90 bits per heavy atom. The Morgan fingerprint density at radius 1 is 1.10 bits per heavy atom. The van der Waals surface area contributed by atoms with E-state index in [4.69, 9.17) is 9.72 Å². The van der Waals surface area contributed by atoms with Gasteiger partial charge in [-0.25, -0.2) is 4.98 Å². The zero-order valence-electron chi connectivity index (χ0n) is 16.6. The molecule has 2 aliphatic rings. The lowest BCUT2D eigenvalue weighted by Gasteiger charge is -2.19. The molecule has 5 nitrogen and oxygen atoms in total. The van der Waals surface area contributed by atoms with E-state index in [1.165, 1.54) is 12.8 Å². The number of nitrogens with one attached hydrogen (secondary N) is 1. The van der Waals surface area contributed by atoms with Gasteiger partial charge < -0.3 is 14.6 Å². The number of carbonyl (C=O) groups is 1. The molecular weight excluding hydrogens is 362 g/mol. The van der Waals surface area contributed by atoms with Crippen LogP contribution in [-0.4, -0.2) is 22.6 Å². The minimum absolute atomic E-state index is 0.0263. The van der Waals surface area contributed by atoms with E-state index in [9.17, 15) is 4.79 Å². The van der Waals surface area contributed by atoms with Crippen molar-refractivity contribution in [3.05, 3.63) is 66.1 Å². The summed E-state index contributed by atoms with van der Waals surface area (Å²) in [7, 11) is 1.66. The zero-order valence-corrected chi connectivity index (χ0v) is 16.6. The molecule has 1 amide bonds. The smallest absolute Gasteiger partial charge is 0.235 e. The second kappa shape index (κ2) is 7.07. The van der Waals surface area contributed by atoms with E-state index in [0.29, 0.717) is 0 Å². The van der Waals surface area contributed by atoms with E-state index in [-0.39, 0.29) is 5.91 Å². The highest BCUT2D eigenvalue weighted by Gasteiger charge is 2.52. The predicted octanol–water partition coefficient (Wildman–Crippen LogP) is 4.57. The van der Waals surface area contributed by atoms with Crippen LogP contribution >= 0.6 is 0 Å². The van der Waals surface area contributed by atoms with E-state index in [1.807, 2.05) is 48.5 Å². The van der Waals surface area contributed by atoms with Crippen molar-refractivity contribution >= 4 is 11.6 Å². The lowest BCUT2D eigenvalue weighted by atomic mass is 9.93. The highest BCUT2D eigenvalue weighted by atomic mass is 16.5. The van der Waals surface area contributed by atoms with Crippen LogP contribution in [0.2, 0.25) is 0 Å². The Bertz CT molecular complexity index is 1040. The van der Waals surface area contributed by atoms with Gasteiger partial charge in [0.25, 0.3) is 0 Å². The maximum absolute atomic E-state index is 13.4. The molecule has 29 heavy (non-hydrogen) atoms. The zero-order chi connectivity index (χ0) is 19.8. The Kier molecular flexibility index (Phi) is 4.38. The molecule has 1 aliphatic carbocycles. The minimum atomic E-state index is -0.507. The summed E-state index contributed by atoms with van der Waals surface area (Å²) < 4.78 is 7.76. The first-order valence-electron chi connectivity index (χ1n) is 10.3. The number of nitrogens with zero attached hydrogens (tertiary/aromatic N) is 2. The van der Waals surface area contributed by atoms with E-state index in [2.05, 4.69) is 16.1 Å². The molecule has 0 atom stereocenters. The Labute approximate surface area is 170 Å². The summed E-state index contributed by atoms with van der Waals surface area (Å²) in [5, 5.41) is 3.20. The number of aryl methyl sites for hydroxylation is 2. The molecule has 1 aromatic heterocycles. The maximum Gasteiger partial charge on any atom is 0.235 e. The molecule has 2 heterocycles. The number of methoxy groups -OCH3 is 1. The first kappa shape index (κ1) is 18.0. The van der Waals surface area contributed by atoms with Gasteiger partial charge in [-0.3, -0.25) is 4.79 Å². The van der Waals surface area contributed by atoms with Gasteiger partial charge in [0.05, 0.1) is 23.9 Å². The van der Waals surface area contributed by atoms with Crippen LogP contribution in [0.5, 0.6) is 5.75 Å². The number of benzene rings is 2. The fourth-order valence-electron chi connectivity index (χ4n) is 4.38. The monoisotopic (exact) mass is 387 g/mol. The van der Waals surface area contributed by atoms with Crippen molar-refractivity contribution in [3.63, 3.8) is 0 Å². The number of imidazole rings is 1. The van der Waals surface area contributed by atoms with Gasteiger partial charge in [0.1, 0.15) is 11.6 Å². The fraction of sp³-hybridized carbons (Fsp3) is 0.333. The lowest BCUT2D eigenvalue weighted by molar-refractivity contribution is -0.118. The first-order valence-corrected chi connectivity index (χ1v) is 10.3.